The number of carbonyl (C=O) groups excluding carboxylic acids is 2. The van der Waals surface area contributed by atoms with E-state index in [0.717, 1.165) is 22.2 Å². The number of nitrogens with zero attached hydrogens (tertiary/aromatic N) is 3. The Morgan fingerprint density at radius 1 is 1.25 bits per heavy atom. The van der Waals surface area contributed by atoms with Gasteiger partial charge in [0.15, 0.2) is 5.69 Å². The van der Waals surface area contributed by atoms with Gasteiger partial charge in [0.1, 0.15) is 0 Å². The van der Waals surface area contributed by atoms with Crippen molar-refractivity contribution in [3.8, 4) is 0 Å². The molecule has 0 saturated heterocycles. The Kier molecular flexibility index (Phi) is 4.90. The standard InChI is InChI=1S/C21H25N5O2/c1-14(2)11-23-21(28)19-10-16-13-25(7-8-26(16)24-19)20(27)9-15-12-22-18-6-4-3-5-17(15)18/h3-6,10,12,14,22H,7-9,11,13H2,1-2H3,(H,23,28). The van der Waals surface area contributed by atoms with E-state index in [0.29, 0.717) is 44.2 Å². The number of benzene rings is 1. The third-order valence-corrected chi connectivity index (χ3v) is 5.07. The van der Waals surface area contributed by atoms with E-state index >= 15 is 0 Å². The Balaban J connectivity index is 1.43. The van der Waals surface area contributed by atoms with Gasteiger partial charge in [0.25, 0.3) is 5.91 Å². The van der Waals surface area contributed by atoms with Crippen LogP contribution in [0.3, 0.4) is 0 Å². The summed E-state index contributed by atoms with van der Waals surface area (Å²) >= 11 is 0. The molecule has 3 heterocycles. The zero-order valence-electron chi connectivity index (χ0n) is 16.2. The predicted molar refractivity (Wildman–Crippen MR) is 107 cm³/mol. The lowest BCUT2D eigenvalue weighted by Gasteiger charge is -2.27. The zero-order valence-corrected chi connectivity index (χ0v) is 16.2. The minimum absolute atomic E-state index is 0.0861. The summed E-state index contributed by atoms with van der Waals surface area (Å²) in [5, 5.41) is 8.38. The summed E-state index contributed by atoms with van der Waals surface area (Å²) in [5.41, 5.74) is 3.36. The molecule has 2 amide bonds. The molecule has 0 bridgehead atoms. The Labute approximate surface area is 163 Å². The summed E-state index contributed by atoms with van der Waals surface area (Å²) in [6.45, 7) is 6.41. The normalized spacial score (nSPS) is 13.8. The molecule has 2 N–H and O–H groups in total. The van der Waals surface area contributed by atoms with Gasteiger partial charge < -0.3 is 15.2 Å². The van der Waals surface area contributed by atoms with Crippen LogP contribution in [0.2, 0.25) is 0 Å². The van der Waals surface area contributed by atoms with Gasteiger partial charge >= 0.3 is 0 Å². The molecule has 0 radical (unpaired) electrons. The molecule has 1 aliphatic heterocycles. The van der Waals surface area contributed by atoms with Crippen molar-refractivity contribution in [2.75, 3.05) is 13.1 Å². The fourth-order valence-corrected chi connectivity index (χ4v) is 3.53. The van der Waals surface area contributed by atoms with E-state index in [1.807, 2.05) is 40.0 Å². The van der Waals surface area contributed by atoms with Crippen LogP contribution in [0.1, 0.15) is 35.6 Å². The summed E-state index contributed by atoms with van der Waals surface area (Å²) in [5.74, 6) is 0.314. The van der Waals surface area contributed by atoms with Crippen molar-refractivity contribution < 1.29 is 9.59 Å². The van der Waals surface area contributed by atoms with Crippen LogP contribution in [0, 0.1) is 5.92 Å². The fraction of sp³-hybridized carbons (Fsp3) is 0.381. The topological polar surface area (TPSA) is 83.0 Å². The number of rotatable bonds is 5. The molecule has 0 aliphatic carbocycles. The number of para-hydroxylation sites is 1. The molecule has 0 unspecified atom stereocenters. The van der Waals surface area contributed by atoms with Crippen molar-refractivity contribution in [2.24, 2.45) is 5.92 Å². The number of fused-ring (bicyclic) bond motifs is 2. The van der Waals surface area contributed by atoms with Crippen molar-refractivity contribution in [2.45, 2.75) is 33.4 Å². The first-order valence-electron chi connectivity index (χ1n) is 9.69. The second-order valence-electron chi connectivity index (χ2n) is 7.70. The number of nitrogens with one attached hydrogen (secondary N) is 2. The average Bonchev–Trinajstić information content (AvgIpc) is 3.30. The first-order chi connectivity index (χ1) is 13.5. The summed E-state index contributed by atoms with van der Waals surface area (Å²) in [4.78, 5) is 30.1. The SMILES string of the molecule is CC(C)CNC(=O)c1cc2n(n1)CCN(C(=O)Cc1c[nH]c3ccccc13)C2. The van der Waals surface area contributed by atoms with Gasteiger partial charge in [-0.15, -0.1) is 0 Å². The van der Waals surface area contributed by atoms with Crippen molar-refractivity contribution in [1.29, 1.82) is 0 Å². The van der Waals surface area contributed by atoms with E-state index in [1.165, 1.54) is 0 Å². The lowest BCUT2D eigenvalue weighted by molar-refractivity contribution is -0.131. The van der Waals surface area contributed by atoms with Gasteiger partial charge in [-0.1, -0.05) is 32.0 Å². The molecule has 4 rings (SSSR count). The minimum Gasteiger partial charge on any atom is -0.361 e. The van der Waals surface area contributed by atoms with Crippen molar-refractivity contribution in [3.05, 3.63) is 53.5 Å². The number of aromatic amines is 1. The molecule has 7 nitrogen and oxygen atoms in total. The largest absolute Gasteiger partial charge is 0.361 e. The quantitative estimate of drug-likeness (QED) is 0.714. The second-order valence-corrected chi connectivity index (χ2v) is 7.70. The molecule has 7 heteroatoms. The van der Waals surface area contributed by atoms with Crippen molar-refractivity contribution >= 4 is 22.7 Å². The van der Waals surface area contributed by atoms with E-state index in [1.54, 1.807) is 6.07 Å². The van der Waals surface area contributed by atoms with Gasteiger partial charge in [0.2, 0.25) is 5.91 Å². The Hall–Kier alpha value is -3.09. The van der Waals surface area contributed by atoms with E-state index in [-0.39, 0.29) is 11.8 Å². The van der Waals surface area contributed by atoms with Crippen LogP contribution >= 0.6 is 0 Å². The molecule has 0 atom stereocenters. The number of H-pyrrole nitrogens is 1. The second kappa shape index (κ2) is 7.50. The van der Waals surface area contributed by atoms with Gasteiger partial charge in [-0.3, -0.25) is 14.3 Å². The molecule has 146 valence electrons. The van der Waals surface area contributed by atoms with Crippen molar-refractivity contribution in [3.63, 3.8) is 0 Å². The maximum Gasteiger partial charge on any atom is 0.271 e. The number of aromatic nitrogens is 3. The van der Waals surface area contributed by atoms with Gasteiger partial charge in [-0.25, -0.2) is 0 Å². The summed E-state index contributed by atoms with van der Waals surface area (Å²) in [6.07, 6.45) is 2.27. The maximum atomic E-state index is 12.8. The maximum absolute atomic E-state index is 12.8. The highest BCUT2D eigenvalue weighted by atomic mass is 16.2. The molecule has 2 aromatic heterocycles. The van der Waals surface area contributed by atoms with Crippen LogP contribution in [0.4, 0.5) is 0 Å². The van der Waals surface area contributed by atoms with E-state index in [4.69, 9.17) is 0 Å². The number of carbonyl (C=O) groups is 2. The highest BCUT2D eigenvalue weighted by Crippen LogP contribution is 2.20. The van der Waals surface area contributed by atoms with Crippen LogP contribution in [-0.4, -0.2) is 44.6 Å². The molecule has 0 spiro atoms. The van der Waals surface area contributed by atoms with Crippen molar-refractivity contribution in [1.82, 2.24) is 25.0 Å². The third kappa shape index (κ3) is 3.65. The average molecular weight is 379 g/mol. The van der Waals surface area contributed by atoms with Crippen LogP contribution in [-0.2, 0) is 24.3 Å². The monoisotopic (exact) mass is 379 g/mol. The Morgan fingerprint density at radius 3 is 2.89 bits per heavy atom. The number of hydrogen-bond acceptors (Lipinski definition) is 3. The molecular formula is C21H25N5O2. The lowest BCUT2D eigenvalue weighted by Crippen LogP contribution is -2.39. The zero-order chi connectivity index (χ0) is 19.7. The summed E-state index contributed by atoms with van der Waals surface area (Å²) in [7, 11) is 0. The molecule has 28 heavy (non-hydrogen) atoms. The van der Waals surface area contributed by atoms with Gasteiger partial charge in [-0.2, -0.15) is 5.10 Å². The molecular weight excluding hydrogens is 354 g/mol. The molecule has 0 saturated carbocycles. The first-order valence-corrected chi connectivity index (χ1v) is 9.69. The van der Waals surface area contributed by atoms with Gasteiger partial charge in [0, 0.05) is 30.2 Å². The van der Waals surface area contributed by atoms with Crippen LogP contribution in [0.15, 0.2) is 36.5 Å². The molecule has 0 fully saturated rings. The Morgan fingerprint density at radius 2 is 2.07 bits per heavy atom. The van der Waals surface area contributed by atoms with Crippen LogP contribution < -0.4 is 5.32 Å². The molecule has 3 aromatic rings. The predicted octanol–water partition coefficient (Wildman–Crippen LogP) is 2.34. The number of amides is 2. The van der Waals surface area contributed by atoms with E-state index in [9.17, 15) is 9.59 Å². The van der Waals surface area contributed by atoms with Crippen LogP contribution in [0.5, 0.6) is 0 Å². The van der Waals surface area contributed by atoms with E-state index < -0.39 is 0 Å². The first kappa shape index (κ1) is 18.3. The van der Waals surface area contributed by atoms with Gasteiger partial charge in [-0.05, 0) is 23.6 Å². The summed E-state index contributed by atoms with van der Waals surface area (Å²) in [6, 6.07) is 9.79. The minimum atomic E-state index is -0.160. The Bertz CT molecular complexity index is 1020. The van der Waals surface area contributed by atoms with Crippen LogP contribution in [0.25, 0.3) is 10.9 Å². The number of hydrogen-bond donors (Lipinski definition) is 2. The molecule has 1 aliphatic rings. The molecule has 1 aromatic carbocycles. The highest BCUT2D eigenvalue weighted by Gasteiger charge is 2.24. The highest BCUT2D eigenvalue weighted by molar-refractivity contribution is 5.92. The smallest absolute Gasteiger partial charge is 0.271 e. The fourth-order valence-electron chi connectivity index (χ4n) is 3.53. The van der Waals surface area contributed by atoms with Gasteiger partial charge in [0.05, 0.1) is 25.2 Å². The van der Waals surface area contributed by atoms with E-state index in [2.05, 4.69) is 29.2 Å². The summed E-state index contributed by atoms with van der Waals surface area (Å²) < 4.78 is 1.83. The lowest BCUT2D eigenvalue weighted by atomic mass is 10.1. The third-order valence-electron chi connectivity index (χ3n) is 5.07.